The van der Waals surface area contributed by atoms with Crippen LogP contribution < -0.4 is 10.2 Å². The van der Waals surface area contributed by atoms with Crippen molar-refractivity contribution in [3.05, 3.63) is 30.1 Å². The van der Waals surface area contributed by atoms with Crippen LogP contribution in [0.5, 0.6) is 0 Å². The molecule has 1 rings (SSSR count). The van der Waals surface area contributed by atoms with Crippen LogP contribution in [0.15, 0.2) is 24.3 Å². The Morgan fingerprint density at radius 1 is 1.24 bits per heavy atom. The third kappa shape index (κ3) is 4.75. The van der Waals surface area contributed by atoms with Crippen molar-refractivity contribution in [1.82, 2.24) is 5.32 Å². The average molecular weight is 298 g/mol. The van der Waals surface area contributed by atoms with Gasteiger partial charge < -0.3 is 15.5 Å². The summed E-state index contributed by atoms with van der Waals surface area (Å²) in [4.78, 5) is 34.7. The van der Waals surface area contributed by atoms with E-state index in [0.29, 0.717) is 5.69 Å². The number of hydrogen-bond acceptors (Lipinski definition) is 3. The molecule has 1 atom stereocenters. The first kappa shape index (κ1) is 16.4. The minimum Gasteiger partial charge on any atom is -0.481 e. The Labute approximate surface area is 120 Å². The summed E-state index contributed by atoms with van der Waals surface area (Å²) in [5, 5.41) is 19.6. The summed E-state index contributed by atoms with van der Waals surface area (Å²) in [7, 11) is 0. The molecule has 0 bridgehead atoms. The standard InChI is InChI=1S/C13H15FN2O5/c1-2-16(9-5-3-8(14)4-6-9)13(21)15-10(12(19)20)7-11(17)18/h3-6,10H,2,7H2,1H3,(H,15,21)(H,17,18)(H,19,20). The van der Waals surface area contributed by atoms with Crippen LogP contribution in [0, 0.1) is 5.82 Å². The predicted octanol–water partition coefficient (Wildman–Crippen LogP) is 1.29. The van der Waals surface area contributed by atoms with Gasteiger partial charge in [-0.25, -0.2) is 14.0 Å². The topological polar surface area (TPSA) is 107 Å². The highest BCUT2D eigenvalue weighted by Crippen LogP contribution is 2.15. The maximum Gasteiger partial charge on any atom is 0.326 e. The van der Waals surface area contributed by atoms with E-state index in [0.717, 1.165) is 12.1 Å². The molecule has 1 aromatic rings. The zero-order valence-corrected chi connectivity index (χ0v) is 11.2. The molecule has 0 saturated carbocycles. The van der Waals surface area contributed by atoms with Crippen molar-refractivity contribution in [2.24, 2.45) is 0 Å². The molecule has 0 aromatic heterocycles. The fourth-order valence-corrected chi connectivity index (χ4v) is 1.67. The van der Waals surface area contributed by atoms with Gasteiger partial charge in [-0.15, -0.1) is 0 Å². The van der Waals surface area contributed by atoms with E-state index in [1.54, 1.807) is 6.92 Å². The van der Waals surface area contributed by atoms with Gasteiger partial charge in [-0.1, -0.05) is 0 Å². The van der Waals surface area contributed by atoms with Crippen LogP contribution in [-0.4, -0.2) is 40.8 Å². The number of carbonyl (C=O) groups is 3. The van der Waals surface area contributed by atoms with Crippen molar-refractivity contribution >= 4 is 23.7 Å². The second-order valence-corrected chi connectivity index (χ2v) is 4.16. The fourth-order valence-electron chi connectivity index (χ4n) is 1.67. The third-order valence-electron chi connectivity index (χ3n) is 2.67. The quantitative estimate of drug-likeness (QED) is 0.733. The molecule has 7 nitrogen and oxygen atoms in total. The smallest absolute Gasteiger partial charge is 0.326 e. The number of amides is 2. The summed E-state index contributed by atoms with van der Waals surface area (Å²) < 4.78 is 12.9. The molecule has 0 aliphatic carbocycles. The molecular formula is C13H15FN2O5. The highest BCUT2D eigenvalue weighted by atomic mass is 19.1. The molecule has 1 unspecified atom stereocenters. The lowest BCUT2D eigenvalue weighted by Gasteiger charge is -2.23. The lowest BCUT2D eigenvalue weighted by atomic mass is 10.2. The van der Waals surface area contributed by atoms with E-state index >= 15 is 0 Å². The van der Waals surface area contributed by atoms with Crippen LogP contribution in [0.1, 0.15) is 13.3 Å². The van der Waals surface area contributed by atoms with Crippen LogP contribution in [0.25, 0.3) is 0 Å². The van der Waals surface area contributed by atoms with Gasteiger partial charge in [-0.05, 0) is 31.2 Å². The normalized spacial score (nSPS) is 11.5. The van der Waals surface area contributed by atoms with Crippen molar-refractivity contribution in [2.45, 2.75) is 19.4 Å². The lowest BCUT2D eigenvalue weighted by Crippen LogP contribution is -2.49. The maximum atomic E-state index is 12.9. The van der Waals surface area contributed by atoms with E-state index in [4.69, 9.17) is 10.2 Å². The number of carbonyl (C=O) groups excluding carboxylic acids is 1. The van der Waals surface area contributed by atoms with Gasteiger partial charge in [0.2, 0.25) is 0 Å². The van der Waals surface area contributed by atoms with Crippen molar-refractivity contribution < 1.29 is 29.0 Å². The summed E-state index contributed by atoms with van der Waals surface area (Å²) >= 11 is 0. The summed E-state index contributed by atoms with van der Waals surface area (Å²) in [6.45, 7) is 1.85. The predicted molar refractivity (Wildman–Crippen MR) is 71.6 cm³/mol. The van der Waals surface area contributed by atoms with E-state index in [2.05, 4.69) is 5.32 Å². The minimum absolute atomic E-state index is 0.205. The van der Waals surface area contributed by atoms with Gasteiger partial charge in [-0.2, -0.15) is 0 Å². The number of nitrogens with one attached hydrogen (secondary N) is 1. The molecule has 1 aromatic carbocycles. The number of carboxylic acid groups (broad SMARTS) is 2. The highest BCUT2D eigenvalue weighted by molar-refractivity contribution is 5.95. The van der Waals surface area contributed by atoms with Gasteiger partial charge in [0.05, 0.1) is 6.42 Å². The van der Waals surface area contributed by atoms with Crippen molar-refractivity contribution in [3.63, 3.8) is 0 Å². The molecule has 21 heavy (non-hydrogen) atoms. The van der Waals surface area contributed by atoms with Crippen LogP contribution in [-0.2, 0) is 9.59 Å². The Morgan fingerprint density at radius 3 is 2.24 bits per heavy atom. The second kappa shape index (κ2) is 7.22. The molecule has 0 heterocycles. The van der Waals surface area contributed by atoms with Crippen LogP contribution in [0.2, 0.25) is 0 Å². The SMILES string of the molecule is CCN(C(=O)NC(CC(=O)O)C(=O)O)c1ccc(F)cc1. The van der Waals surface area contributed by atoms with Gasteiger partial charge in [0, 0.05) is 12.2 Å². The summed E-state index contributed by atoms with van der Waals surface area (Å²) in [5.41, 5.74) is 0.371. The summed E-state index contributed by atoms with van der Waals surface area (Å²) in [6, 6.07) is 2.76. The van der Waals surface area contributed by atoms with Gasteiger partial charge in [-0.3, -0.25) is 9.69 Å². The van der Waals surface area contributed by atoms with Gasteiger partial charge >= 0.3 is 18.0 Å². The number of urea groups is 1. The number of nitrogens with zero attached hydrogens (tertiary/aromatic N) is 1. The van der Waals surface area contributed by atoms with Gasteiger partial charge in [0.15, 0.2) is 0 Å². The van der Waals surface area contributed by atoms with Crippen LogP contribution >= 0.6 is 0 Å². The zero-order chi connectivity index (χ0) is 16.0. The first-order chi connectivity index (χ1) is 9.85. The van der Waals surface area contributed by atoms with Gasteiger partial charge in [0.25, 0.3) is 0 Å². The molecule has 114 valence electrons. The molecule has 0 aliphatic rings. The molecule has 8 heteroatoms. The third-order valence-corrected chi connectivity index (χ3v) is 2.67. The van der Waals surface area contributed by atoms with E-state index < -0.39 is 36.2 Å². The molecule has 0 spiro atoms. The zero-order valence-electron chi connectivity index (χ0n) is 11.2. The minimum atomic E-state index is -1.54. The highest BCUT2D eigenvalue weighted by Gasteiger charge is 2.25. The number of rotatable bonds is 6. The monoisotopic (exact) mass is 298 g/mol. The van der Waals surface area contributed by atoms with Crippen molar-refractivity contribution in [2.75, 3.05) is 11.4 Å². The molecule has 0 saturated heterocycles. The molecule has 2 amide bonds. The van der Waals surface area contributed by atoms with Crippen molar-refractivity contribution in [3.8, 4) is 0 Å². The van der Waals surface area contributed by atoms with E-state index in [9.17, 15) is 18.8 Å². The Morgan fingerprint density at radius 2 is 1.81 bits per heavy atom. The van der Waals surface area contributed by atoms with Crippen molar-refractivity contribution in [1.29, 1.82) is 0 Å². The molecular weight excluding hydrogens is 283 g/mol. The molecule has 0 fully saturated rings. The lowest BCUT2D eigenvalue weighted by molar-refractivity contribution is -0.145. The van der Waals surface area contributed by atoms with E-state index in [-0.39, 0.29) is 6.54 Å². The van der Waals surface area contributed by atoms with E-state index in [1.807, 2.05) is 0 Å². The number of carboxylic acids is 2. The van der Waals surface area contributed by atoms with Crippen LogP contribution in [0.4, 0.5) is 14.9 Å². The second-order valence-electron chi connectivity index (χ2n) is 4.16. The first-order valence-corrected chi connectivity index (χ1v) is 6.13. The Hall–Kier alpha value is -2.64. The maximum absolute atomic E-state index is 12.9. The van der Waals surface area contributed by atoms with Gasteiger partial charge in [0.1, 0.15) is 11.9 Å². The summed E-state index contributed by atoms with van der Waals surface area (Å²) in [5.74, 6) is -3.25. The molecule has 0 radical (unpaired) electrons. The Kier molecular flexibility index (Phi) is 5.65. The fraction of sp³-hybridized carbons (Fsp3) is 0.308. The number of anilines is 1. The summed E-state index contributed by atoms with van der Waals surface area (Å²) in [6.07, 6.45) is -0.734. The largest absolute Gasteiger partial charge is 0.481 e. The van der Waals surface area contributed by atoms with E-state index in [1.165, 1.54) is 17.0 Å². The Bertz CT molecular complexity index is 532. The number of benzene rings is 1. The van der Waals surface area contributed by atoms with Crippen LogP contribution in [0.3, 0.4) is 0 Å². The number of aliphatic carboxylic acids is 2. The first-order valence-electron chi connectivity index (χ1n) is 6.13. The number of hydrogen-bond donors (Lipinski definition) is 3. The molecule has 0 aliphatic heterocycles. The number of halogens is 1. The Balaban J connectivity index is 2.85. The molecule has 3 N–H and O–H groups in total. The average Bonchev–Trinajstić information content (AvgIpc) is 2.40.